The van der Waals surface area contributed by atoms with E-state index in [1.807, 2.05) is 18.2 Å². The number of rotatable bonds is 1. The van der Waals surface area contributed by atoms with E-state index in [9.17, 15) is 0 Å². The van der Waals surface area contributed by atoms with Gasteiger partial charge in [0.15, 0.2) is 0 Å². The van der Waals surface area contributed by atoms with Gasteiger partial charge in [-0.25, -0.2) is 0 Å². The molecule has 1 aromatic carbocycles. The molecule has 0 bridgehead atoms. The molecular formula is C7H9LiS. The molecular weight excluding hydrogens is 123 g/mol. The predicted octanol–water partition coefficient (Wildman–Crippen LogP) is -0.475. The molecule has 1 aromatic rings. The first-order valence-electron chi connectivity index (χ1n) is 2.52. The molecule has 0 radical (unpaired) electrons. The van der Waals surface area contributed by atoms with Gasteiger partial charge in [-0.3, -0.25) is 0 Å². The minimum absolute atomic E-state index is 0. The van der Waals surface area contributed by atoms with Crippen LogP contribution in [0.1, 0.15) is 1.43 Å². The van der Waals surface area contributed by atoms with Crippen LogP contribution in [0.2, 0.25) is 0 Å². The van der Waals surface area contributed by atoms with E-state index in [1.165, 1.54) is 4.90 Å². The summed E-state index contributed by atoms with van der Waals surface area (Å²) in [6.45, 7) is 0. The van der Waals surface area contributed by atoms with Gasteiger partial charge in [-0.15, -0.1) is 11.8 Å². The molecule has 0 saturated heterocycles. The molecule has 0 amide bonds. The first kappa shape index (κ1) is 9.17. The Morgan fingerprint density at radius 1 is 1.22 bits per heavy atom. The molecule has 0 unspecified atom stereocenters. The molecule has 0 aliphatic rings. The van der Waals surface area contributed by atoms with E-state index in [0.29, 0.717) is 0 Å². The predicted molar refractivity (Wildman–Crippen MR) is 39.3 cm³/mol. The molecule has 0 aliphatic heterocycles. The molecule has 2 heteroatoms. The monoisotopic (exact) mass is 132 g/mol. The van der Waals surface area contributed by atoms with Crippen LogP contribution in [0.15, 0.2) is 35.2 Å². The smallest absolute Gasteiger partial charge is 1.00 e. The minimum atomic E-state index is 0. The van der Waals surface area contributed by atoms with Crippen LogP contribution < -0.4 is 18.9 Å². The Kier molecular flexibility index (Phi) is 5.09. The average Bonchev–Trinajstić information content (AvgIpc) is 1.90. The van der Waals surface area contributed by atoms with Crippen molar-refractivity contribution in [1.29, 1.82) is 0 Å². The number of thioether (sulfide) groups is 1. The van der Waals surface area contributed by atoms with Crippen LogP contribution in [-0.4, -0.2) is 6.26 Å². The van der Waals surface area contributed by atoms with Crippen LogP contribution in [0.25, 0.3) is 0 Å². The number of benzene rings is 1. The zero-order valence-corrected chi connectivity index (χ0v) is 6.61. The van der Waals surface area contributed by atoms with Crippen LogP contribution >= 0.6 is 11.8 Å². The third kappa shape index (κ3) is 3.01. The molecule has 0 atom stereocenters. The fraction of sp³-hybridized carbons (Fsp3) is 0.143. The molecule has 1 rings (SSSR count). The molecule has 0 nitrogen and oxygen atoms in total. The van der Waals surface area contributed by atoms with Crippen LogP contribution in [0.4, 0.5) is 0 Å². The Bertz CT molecular complexity index is 155. The van der Waals surface area contributed by atoms with E-state index in [1.54, 1.807) is 11.8 Å². The first-order valence-corrected chi connectivity index (χ1v) is 3.75. The van der Waals surface area contributed by atoms with E-state index in [-0.39, 0.29) is 20.3 Å². The Morgan fingerprint density at radius 3 is 2.11 bits per heavy atom. The molecule has 0 aliphatic carbocycles. The first-order chi connectivity index (χ1) is 3.93. The topological polar surface area (TPSA) is 0 Å². The maximum atomic E-state index is 2.10. The van der Waals surface area contributed by atoms with Crippen molar-refractivity contribution in [2.45, 2.75) is 4.90 Å². The van der Waals surface area contributed by atoms with E-state index < -0.39 is 0 Å². The zero-order valence-electron chi connectivity index (χ0n) is 6.79. The van der Waals surface area contributed by atoms with Crippen LogP contribution in [0.3, 0.4) is 0 Å². The second-order valence-corrected chi connectivity index (χ2v) is 2.40. The van der Waals surface area contributed by atoms with Crippen molar-refractivity contribution < 1.29 is 20.3 Å². The molecule has 0 N–H and O–H groups in total. The summed E-state index contributed by atoms with van der Waals surface area (Å²) in [6.07, 6.45) is 2.08. The van der Waals surface area contributed by atoms with Gasteiger partial charge in [-0.05, 0) is 18.4 Å². The second kappa shape index (κ2) is 4.99. The maximum Gasteiger partial charge on any atom is 1.00 e. The quantitative estimate of drug-likeness (QED) is 0.367. The van der Waals surface area contributed by atoms with E-state index in [2.05, 4.69) is 18.4 Å². The van der Waals surface area contributed by atoms with Gasteiger partial charge in [0.05, 0.1) is 0 Å². The summed E-state index contributed by atoms with van der Waals surface area (Å²) >= 11 is 1.77. The Hall–Kier alpha value is 0.167. The van der Waals surface area contributed by atoms with Gasteiger partial charge in [-0.2, -0.15) is 0 Å². The summed E-state index contributed by atoms with van der Waals surface area (Å²) in [6, 6.07) is 10.3. The maximum absolute atomic E-state index is 2.10. The summed E-state index contributed by atoms with van der Waals surface area (Å²) in [5.74, 6) is 0. The van der Waals surface area contributed by atoms with Gasteiger partial charge < -0.3 is 1.43 Å². The largest absolute Gasteiger partial charge is 1.00 e. The third-order valence-electron chi connectivity index (χ3n) is 0.979. The van der Waals surface area contributed by atoms with Crippen molar-refractivity contribution in [3.63, 3.8) is 0 Å². The molecule has 9 heavy (non-hydrogen) atoms. The van der Waals surface area contributed by atoms with E-state index in [0.717, 1.165) is 0 Å². The Labute approximate surface area is 73.7 Å². The molecule has 0 aromatic heterocycles. The second-order valence-electron chi connectivity index (χ2n) is 1.52. The summed E-state index contributed by atoms with van der Waals surface area (Å²) < 4.78 is 0. The van der Waals surface area contributed by atoms with Gasteiger partial charge in [0, 0.05) is 4.90 Å². The van der Waals surface area contributed by atoms with Crippen molar-refractivity contribution >= 4 is 11.8 Å². The van der Waals surface area contributed by atoms with Crippen molar-refractivity contribution in [3.05, 3.63) is 30.3 Å². The van der Waals surface area contributed by atoms with Gasteiger partial charge in [-0.1, -0.05) is 18.2 Å². The summed E-state index contributed by atoms with van der Waals surface area (Å²) in [7, 11) is 0. The molecule has 0 spiro atoms. The average molecular weight is 132 g/mol. The van der Waals surface area contributed by atoms with Crippen LogP contribution in [0.5, 0.6) is 0 Å². The number of hydrogen-bond acceptors (Lipinski definition) is 1. The Morgan fingerprint density at radius 2 is 1.78 bits per heavy atom. The van der Waals surface area contributed by atoms with Gasteiger partial charge in [0.2, 0.25) is 0 Å². The van der Waals surface area contributed by atoms with Gasteiger partial charge >= 0.3 is 18.9 Å². The van der Waals surface area contributed by atoms with Crippen LogP contribution in [0, 0.1) is 0 Å². The van der Waals surface area contributed by atoms with E-state index >= 15 is 0 Å². The SMILES string of the molecule is CSc1ccccc1.[H-].[Li+]. The summed E-state index contributed by atoms with van der Waals surface area (Å²) in [5, 5.41) is 0. The fourth-order valence-electron chi connectivity index (χ4n) is 0.557. The molecule has 0 heterocycles. The van der Waals surface area contributed by atoms with E-state index in [4.69, 9.17) is 0 Å². The van der Waals surface area contributed by atoms with Crippen molar-refractivity contribution in [1.82, 2.24) is 0 Å². The zero-order chi connectivity index (χ0) is 5.82. The normalized spacial score (nSPS) is 8.11. The fourth-order valence-corrected chi connectivity index (χ4v) is 0.986. The Balaban J connectivity index is 0. The molecule has 44 valence electrons. The minimum Gasteiger partial charge on any atom is -1.00 e. The van der Waals surface area contributed by atoms with Gasteiger partial charge in [0.1, 0.15) is 0 Å². The summed E-state index contributed by atoms with van der Waals surface area (Å²) in [4.78, 5) is 1.33. The van der Waals surface area contributed by atoms with Crippen LogP contribution in [-0.2, 0) is 0 Å². The summed E-state index contributed by atoms with van der Waals surface area (Å²) in [5.41, 5.74) is 0. The van der Waals surface area contributed by atoms with Crippen molar-refractivity contribution in [2.75, 3.05) is 6.26 Å². The molecule has 0 saturated carbocycles. The van der Waals surface area contributed by atoms with Crippen molar-refractivity contribution in [2.24, 2.45) is 0 Å². The number of hydrogen-bond donors (Lipinski definition) is 0. The molecule has 0 fully saturated rings. The van der Waals surface area contributed by atoms with Gasteiger partial charge in [0.25, 0.3) is 0 Å². The third-order valence-corrected chi connectivity index (χ3v) is 1.72. The van der Waals surface area contributed by atoms with Crippen molar-refractivity contribution in [3.8, 4) is 0 Å². The standard InChI is InChI=1S/C7H8S.Li.H/c1-8-7-5-3-2-4-6-7;;/h2-6H,1H3;;/q;+1;-1.